The summed E-state index contributed by atoms with van der Waals surface area (Å²) in [4.78, 5) is 12.9. The first-order valence-corrected chi connectivity index (χ1v) is 11.3. The number of anilines is 2. The van der Waals surface area contributed by atoms with Crippen LogP contribution in [0.15, 0.2) is 42.5 Å². The van der Waals surface area contributed by atoms with Crippen LogP contribution < -0.4 is 20.1 Å². The van der Waals surface area contributed by atoms with Gasteiger partial charge < -0.3 is 25.2 Å². The average Bonchev–Trinajstić information content (AvgIpc) is 3.19. The van der Waals surface area contributed by atoms with Gasteiger partial charge in [0, 0.05) is 12.1 Å². The van der Waals surface area contributed by atoms with Crippen molar-refractivity contribution in [3.8, 4) is 11.5 Å². The molecular formula is C24H24ClF3N4O4. The SMILES string of the molecule is COc1ccc([C@H]2C[C@@H](C(F)(F)F)n3nc(C(=O)Nc4ccc([C@@H](C)O)cc4)c(Cl)c3N2)cc1OC. The smallest absolute Gasteiger partial charge is 0.410 e. The van der Waals surface area contributed by atoms with E-state index in [4.69, 9.17) is 21.1 Å². The number of aromatic nitrogens is 2. The molecule has 8 nitrogen and oxygen atoms in total. The molecule has 3 atom stereocenters. The van der Waals surface area contributed by atoms with Crippen LogP contribution in [0.5, 0.6) is 11.5 Å². The molecule has 0 fully saturated rings. The molecule has 1 aliphatic rings. The number of carbonyl (C=O) groups is 1. The second-order valence-corrected chi connectivity index (χ2v) is 8.69. The lowest BCUT2D eigenvalue weighted by Gasteiger charge is -2.33. The third-order valence-corrected chi connectivity index (χ3v) is 6.33. The average molecular weight is 525 g/mol. The van der Waals surface area contributed by atoms with Gasteiger partial charge in [0.25, 0.3) is 5.91 Å². The zero-order valence-electron chi connectivity index (χ0n) is 19.6. The highest BCUT2D eigenvalue weighted by Gasteiger charge is 2.48. The van der Waals surface area contributed by atoms with Crippen LogP contribution in [0, 0.1) is 0 Å². The molecule has 4 rings (SSSR count). The molecule has 3 aromatic rings. The van der Waals surface area contributed by atoms with E-state index >= 15 is 0 Å². The van der Waals surface area contributed by atoms with Gasteiger partial charge in [-0.1, -0.05) is 29.8 Å². The van der Waals surface area contributed by atoms with Gasteiger partial charge >= 0.3 is 6.18 Å². The number of aliphatic hydroxyl groups excluding tert-OH is 1. The first kappa shape index (κ1) is 25.6. The predicted molar refractivity (Wildman–Crippen MR) is 128 cm³/mol. The number of ether oxygens (including phenoxy) is 2. The number of hydrogen-bond acceptors (Lipinski definition) is 6. The van der Waals surface area contributed by atoms with Crippen LogP contribution in [0.25, 0.3) is 0 Å². The summed E-state index contributed by atoms with van der Waals surface area (Å²) < 4.78 is 53.4. The van der Waals surface area contributed by atoms with Gasteiger partial charge in [-0.3, -0.25) is 4.79 Å². The van der Waals surface area contributed by atoms with Gasteiger partial charge in [0.2, 0.25) is 0 Å². The van der Waals surface area contributed by atoms with Gasteiger partial charge in [-0.15, -0.1) is 0 Å². The number of benzene rings is 2. The molecule has 0 saturated carbocycles. The molecule has 0 aliphatic carbocycles. The Hall–Kier alpha value is -3.44. The molecule has 0 bridgehead atoms. The van der Waals surface area contributed by atoms with E-state index in [-0.39, 0.29) is 23.0 Å². The largest absolute Gasteiger partial charge is 0.493 e. The Morgan fingerprint density at radius 1 is 1.19 bits per heavy atom. The number of halogens is 4. The number of aliphatic hydroxyl groups is 1. The van der Waals surface area contributed by atoms with Crippen molar-refractivity contribution in [3.05, 3.63) is 64.3 Å². The maximum absolute atomic E-state index is 14.1. The fourth-order valence-electron chi connectivity index (χ4n) is 4.06. The Kier molecular flexibility index (Phi) is 7.05. The maximum Gasteiger partial charge on any atom is 0.410 e. The Morgan fingerprint density at radius 2 is 1.86 bits per heavy atom. The first-order valence-electron chi connectivity index (χ1n) is 11.0. The van der Waals surface area contributed by atoms with Gasteiger partial charge in [0.15, 0.2) is 23.2 Å². The number of nitrogens with zero attached hydrogens (tertiary/aromatic N) is 2. The molecule has 1 amide bonds. The summed E-state index contributed by atoms with van der Waals surface area (Å²) in [6.07, 6.45) is -5.72. The number of fused-ring (bicyclic) bond motifs is 1. The van der Waals surface area contributed by atoms with Crippen molar-refractivity contribution in [1.29, 1.82) is 0 Å². The van der Waals surface area contributed by atoms with Crippen molar-refractivity contribution in [2.24, 2.45) is 0 Å². The third-order valence-electron chi connectivity index (χ3n) is 5.97. The fourth-order valence-corrected chi connectivity index (χ4v) is 4.32. The van der Waals surface area contributed by atoms with Gasteiger partial charge in [0.1, 0.15) is 10.8 Å². The lowest BCUT2D eigenvalue weighted by molar-refractivity contribution is -0.173. The van der Waals surface area contributed by atoms with E-state index in [1.54, 1.807) is 49.4 Å². The number of hydrogen-bond donors (Lipinski definition) is 3. The lowest BCUT2D eigenvalue weighted by atomic mass is 9.96. The Morgan fingerprint density at radius 3 is 2.44 bits per heavy atom. The number of carbonyl (C=O) groups excluding carboxylic acids is 1. The molecule has 3 N–H and O–H groups in total. The highest BCUT2D eigenvalue weighted by molar-refractivity contribution is 6.36. The molecule has 0 unspecified atom stereocenters. The normalized spacial score (nSPS) is 18.1. The minimum absolute atomic E-state index is 0.111. The summed E-state index contributed by atoms with van der Waals surface area (Å²) in [5.41, 5.74) is 1.19. The summed E-state index contributed by atoms with van der Waals surface area (Å²) in [5.74, 6) is -0.0723. The van der Waals surface area contributed by atoms with Crippen molar-refractivity contribution >= 4 is 29.0 Å². The van der Waals surface area contributed by atoms with Crippen molar-refractivity contribution < 1.29 is 32.5 Å². The molecule has 1 aliphatic heterocycles. The number of amides is 1. The fraction of sp³-hybridized carbons (Fsp3) is 0.333. The zero-order valence-corrected chi connectivity index (χ0v) is 20.3. The maximum atomic E-state index is 14.1. The van der Waals surface area contributed by atoms with Crippen LogP contribution in [0.1, 0.15) is 53.1 Å². The number of alkyl halides is 3. The molecule has 0 spiro atoms. The van der Waals surface area contributed by atoms with Crippen LogP contribution in [-0.2, 0) is 0 Å². The van der Waals surface area contributed by atoms with Crippen molar-refractivity contribution in [1.82, 2.24) is 9.78 Å². The van der Waals surface area contributed by atoms with Gasteiger partial charge in [-0.25, -0.2) is 4.68 Å². The topological polar surface area (TPSA) is 97.6 Å². The lowest BCUT2D eigenvalue weighted by Crippen LogP contribution is -2.35. The van der Waals surface area contributed by atoms with Crippen LogP contribution in [0.3, 0.4) is 0 Å². The summed E-state index contributed by atoms with van der Waals surface area (Å²) in [6, 6.07) is 8.39. The third kappa shape index (κ3) is 4.93. The summed E-state index contributed by atoms with van der Waals surface area (Å²) >= 11 is 6.39. The van der Waals surface area contributed by atoms with Gasteiger partial charge in [0.05, 0.1) is 26.4 Å². The monoisotopic (exact) mass is 524 g/mol. The van der Waals surface area contributed by atoms with E-state index in [1.807, 2.05) is 0 Å². The predicted octanol–water partition coefficient (Wildman–Crippen LogP) is 5.52. The van der Waals surface area contributed by atoms with Crippen LogP contribution in [0.2, 0.25) is 5.02 Å². The second kappa shape index (κ2) is 9.90. The van der Waals surface area contributed by atoms with Crippen molar-refractivity contribution in [2.45, 2.75) is 37.7 Å². The van der Waals surface area contributed by atoms with Crippen LogP contribution >= 0.6 is 11.6 Å². The van der Waals surface area contributed by atoms with Crippen LogP contribution in [-0.4, -0.2) is 41.2 Å². The Balaban J connectivity index is 1.66. The van der Waals surface area contributed by atoms with E-state index in [2.05, 4.69) is 15.7 Å². The standard InChI is InChI=1S/C24H24ClF3N4O4/c1-12(33)13-4-7-15(8-5-13)29-23(34)21-20(25)22-30-16(11-19(24(26,27)28)32(22)31-21)14-6-9-17(35-2)18(10-14)36-3/h4-10,12,16,19,30,33H,11H2,1-3H3,(H,29,34)/t12-,16-,19+/m1/s1. The molecule has 2 aromatic carbocycles. The molecule has 12 heteroatoms. The number of methoxy groups -OCH3 is 2. The number of nitrogens with one attached hydrogen (secondary N) is 2. The summed E-state index contributed by atoms with van der Waals surface area (Å²) in [5, 5.41) is 18.9. The molecular weight excluding hydrogens is 501 g/mol. The molecule has 0 saturated heterocycles. The van der Waals surface area contributed by atoms with Gasteiger partial charge in [-0.05, 0) is 42.3 Å². The van der Waals surface area contributed by atoms with E-state index < -0.39 is 30.3 Å². The van der Waals surface area contributed by atoms with Crippen molar-refractivity contribution in [3.63, 3.8) is 0 Å². The minimum Gasteiger partial charge on any atom is -0.493 e. The van der Waals surface area contributed by atoms with Crippen molar-refractivity contribution in [2.75, 3.05) is 24.9 Å². The Bertz CT molecular complexity index is 1260. The highest BCUT2D eigenvalue weighted by atomic mass is 35.5. The Labute approximate surface area is 210 Å². The molecule has 36 heavy (non-hydrogen) atoms. The molecule has 0 radical (unpaired) electrons. The second-order valence-electron chi connectivity index (χ2n) is 8.31. The minimum atomic E-state index is -4.65. The molecule has 2 heterocycles. The summed E-state index contributed by atoms with van der Waals surface area (Å²) in [7, 11) is 2.89. The quantitative estimate of drug-likeness (QED) is 0.393. The van der Waals surface area contributed by atoms with E-state index in [1.165, 1.54) is 14.2 Å². The zero-order chi connectivity index (χ0) is 26.2. The molecule has 1 aromatic heterocycles. The number of rotatable bonds is 6. The summed E-state index contributed by atoms with van der Waals surface area (Å²) in [6.45, 7) is 1.60. The van der Waals surface area contributed by atoms with Gasteiger partial charge in [-0.2, -0.15) is 18.3 Å². The first-order chi connectivity index (χ1) is 17.0. The van der Waals surface area contributed by atoms with E-state index in [0.717, 1.165) is 0 Å². The van der Waals surface area contributed by atoms with E-state index in [0.29, 0.717) is 33.0 Å². The van der Waals surface area contributed by atoms with E-state index in [9.17, 15) is 23.1 Å². The van der Waals surface area contributed by atoms with Crippen LogP contribution in [0.4, 0.5) is 24.7 Å². The molecule has 192 valence electrons. The highest BCUT2D eigenvalue weighted by Crippen LogP contribution is 2.47.